The van der Waals surface area contributed by atoms with E-state index in [1.165, 1.54) is 0 Å². The van der Waals surface area contributed by atoms with Gasteiger partial charge in [-0.2, -0.15) is 0 Å². The van der Waals surface area contributed by atoms with Gasteiger partial charge >= 0.3 is 8.56 Å². The van der Waals surface area contributed by atoms with Crippen LogP contribution in [0.2, 0.25) is 11.6 Å². The van der Waals surface area contributed by atoms with Crippen molar-refractivity contribution in [2.45, 2.75) is 38.3 Å². The number of rotatable bonds is 7. The number of carbonyl (C=O) groups is 1. The highest BCUT2D eigenvalue weighted by molar-refractivity contribution is 6.71. The van der Waals surface area contributed by atoms with Crippen LogP contribution in [0.4, 0.5) is 0 Å². The predicted molar refractivity (Wildman–Crippen MR) is 55.0 cm³/mol. The highest BCUT2D eigenvalue weighted by atomic mass is 28.4. The van der Waals surface area contributed by atoms with Crippen LogP contribution in [-0.4, -0.2) is 29.1 Å². The molecule has 4 heteroatoms. The number of carbonyl (C=O) groups excluding carboxylic acids is 1. The van der Waals surface area contributed by atoms with Gasteiger partial charge in [-0.05, 0) is 12.5 Å². The minimum absolute atomic E-state index is 0.0394. The third kappa shape index (κ3) is 2.89. The quantitative estimate of drug-likeness (QED) is 0.470. The third-order valence-electron chi connectivity index (χ3n) is 2.46. The van der Waals surface area contributed by atoms with Gasteiger partial charge < -0.3 is 13.6 Å². The fourth-order valence-electron chi connectivity index (χ4n) is 1.63. The first-order chi connectivity index (χ1) is 6.20. The maximum atomic E-state index is 10.9. The van der Waals surface area contributed by atoms with E-state index in [0.29, 0.717) is 0 Å². The first kappa shape index (κ1) is 12.8. The highest BCUT2D eigenvalue weighted by Crippen LogP contribution is 2.29. The molecule has 0 N–H and O–H groups in total. The summed E-state index contributed by atoms with van der Waals surface area (Å²) in [5, 5.41) is 0. The molecule has 0 spiro atoms. The number of hydrogen-bond acceptors (Lipinski definition) is 3. The molecule has 0 amide bonds. The minimum Gasteiger partial charge on any atom is -0.397 e. The fraction of sp³-hybridized carbons (Fsp3) is 0.889. The summed E-state index contributed by atoms with van der Waals surface area (Å²) in [7, 11) is 1.06. The minimum atomic E-state index is -2.24. The molecule has 0 aromatic heterocycles. The van der Waals surface area contributed by atoms with Crippen molar-refractivity contribution < 1.29 is 13.6 Å². The summed E-state index contributed by atoms with van der Waals surface area (Å²) in [5.41, 5.74) is -0.0394. The molecule has 1 atom stereocenters. The Balaban J connectivity index is 4.59. The molecule has 0 saturated heterocycles. The lowest BCUT2D eigenvalue weighted by atomic mass is 10.4. The van der Waals surface area contributed by atoms with Crippen LogP contribution >= 0.6 is 0 Å². The maximum Gasteiger partial charge on any atom is 0.348 e. The van der Waals surface area contributed by atoms with Crippen molar-refractivity contribution in [3.05, 3.63) is 0 Å². The molecule has 0 saturated carbocycles. The first-order valence-electron chi connectivity index (χ1n) is 4.76. The Bertz CT molecular complexity index is 146. The van der Waals surface area contributed by atoms with E-state index < -0.39 is 8.56 Å². The zero-order chi connectivity index (χ0) is 10.3. The molecule has 0 aliphatic heterocycles. The average Bonchev–Trinajstić information content (AvgIpc) is 2.18. The van der Waals surface area contributed by atoms with Crippen LogP contribution in [0, 0.1) is 0 Å². The molecular weight excluding hydrogens is 184 g/mol. The summed E-state index contributed by atoms with van der Waals surface area (Å²) in [6.45, 7) is 4.08. The van der Waals surface area contributed by atoms with Crippen molar-refractivity contribution in [1.82, 2.24) is 0 Å². The highest BCUT2D eigenvalue weighted by Gasteiger charge is 2.42. The van der Waals surface area contributed by atoms with Crippen LogP contribution in [-0.2, 0) is 13.6 Å². The maximum absolute atomic E-state index is 10.9. The van der Waals surface area contributed by atoms with Gasteiger partial charge in [-0.15, -0.1) is 0 Å². The van der Waals surface area contributed by atoms with E-state index in [9.17, 15) is 4.79 Å². The lowest BCUT2D eigenvalue weighted by molar-refractivity contribution is -0.108. The lowest BCUT2D eigenvalue weighted by Gasteiger charge is -2.31. The zero-order valence-corrected chi connectivity index (χ0v) is 10.0. The Morgan fingerprint density at radius 2 is 1.85 bits per heavy atom. The van der Waals surface area contributed by atoms with E-state index in [4.69, 9.17) is 8.85 Å². The summed E-state index contributed by atoms with van der Waals surface area (Å²) >= 11 is 0. The number of hydrogen-bond donors (Lipinski definition) is 0. The normalized spacial score (nSPS) is 14.2. The predicted octanol–water partition coefficient (Wildman–Crippen LogP) is 2.11. The van der Waals surface area contributed by atoms with Gasteiger partial charge in [0.2, 0.25) is 0 Å². The fourth-order valence-corrected chi connectivity index (χ4v) is 4.71. The third-order valence-corrected chi connectivity index (χ3v) is 6.71. The summed E-state index contributed by atoms with van der Waals surface area (Å²) in [5.74, 6) is 0. The Morgan fingerprint density at radius 1 is 1.31 bits per heavy atom. The molecule has 0 radical (unpaired) electrons. The van der Waals surface area contributed by atoms with Crippen molar-refractivity contribution >= 4 is 14.8 Å². The van der Waals surface area contributed by atoms with Gasteiger partial charge in [-0.3, -0.25) is 0 Å². The zero-order valence-electron chi connectivity index (χ0n) is 9.00. The van der Waals surface area contributed by atoms with Gasteiger partial charge in [0.05, 0.1) is 5.54 Å². The van der Waals surface area contributed by atoms with Gasteiger partial charge in [-0.25, -0.2) is 0 Å². The van der Waals surface area contributed by atoms with Crippen molar-refractivity contribution in [3.8, 4) is 0 Å². The van der Waals surface area contributed by atoms with Crippen molar-refractivity contribution in [2.75, 3.05) is 14.2 Å². The SMILES string of the molecule is CCC[Si](OC)(OC)C(C=O)CC. The van der Waals surface area contributed by atoms with Crippen LogP contribution in [0.15, 0.2) is 0 Å². The van der Waals surface area contributed by atoms with Crippen molar-refractivity contribution in [3.63, 3.8) is 0 Å². The Hall–Kier alpha value is -0.193. The van der Waals surface area contributed by atoms with E-state index in [0.717, 1.165) is 25.2 Å². The molecule has 78 valence electrons. The summed E-state index contributed by atoms with van der Waals surface area (Å²) in [6, 6.07) is 0.886. The molecule has 0 fully saturated rings. The first-order valence-corrected chi connectivity index (χ1v) is 6.86. The van der Waals surface area contributed by atoms with Gasteiger partial charge in [0, 0.05) is 14.2 Å². The Morgan fingerprint density at radius 3 is 2.08 bits per heavy atom. The molecule has 0 heterocycles. The molecule has 0 rings (SSSR count). The van der Waals surface area contributed by atoms with Gasteiger partial charge in [-0.1, -0.05) is 20.3 Å². The molecule has 0 aromatic rings. The molecule has 0 aliphatic rings. The monoisotopic (exact) mass is 204 g/mol. The van der Waals surface area contributed by atoms with E-state index in [2.05, 4.69) is 6.92 Å². The van der Waals surface area contributed by atoms with Crippen molar-refractivity contribution in [1.29, 1.82) is 0 Å². The smallest absolute Gasteiger partial charge is 0.348 e. The standard InChI is InChI=1S/C9H20O3Si/c1-5-7-13(11-3,12-4)9(6-2)8-10/h8-9H,5-7H2,1-4H3. The van der Waals surface area contributed by atoms with Crippen LogP contribution in [0.25, 0.3) is 0 Å². The average molecular weight is 204 g/mol. The molecule has 0 aromatic carbocycles. The largest absolute Gasteiger partial charge is 0.397 e. The molecule has 3 nitrogen and oxygen atoms in total. The second-order valence-corrected chi connectivity index (χ2v) is 6.80. The summed E-state index contributed by atoms with van der Waals surface area (Å²) in [4.78, 5) is 10.9. The van der Waals surface area contributed by atoms with E-state index in [-0.39, 0.29) is 5.54 Å². The number of aldehydes is 1. The summed E-state index contributed by atoms with van der Waals surface area (Å²) < 4.78 is 10.9. The van der Waals surface area contributed by atoms with Crippen LogP contribution < -0.4 is 0 Å². The molecule has 0 aliphatic carbocycles. The molecule has 0 bridgehead atoms. The Labute approximate surface area is 81.7 Å². The van der Waals surface area contributed by atoms with E-state index in [1.54, 1.807) is 14.2 Å². The molecule has 13 heavy (non-hydrogen) atoms. The Kier molecular flexibility index (Phi) is 6.20. The van der Waals surface area contributed by atoms with Gasteiger partial charge in [0.15, 0.2) is 0 Å². The van der Waals surface area contributed by atoms with Crippen LogP contribution in [0.5, 0.6) is 0 Å². The summed E-state index contributed by atoms with van der Waals surface area (Å²) in [6.07, 6.45) is 2.78. The second kappa shape index (κ2) is 6.29. The lowest BCUT2D eigenvalue weighted by Crippen LogP contribution is -2.45. The molecule has 1 unspecified atom stereocenters. The second-order valence-electron chi connectivity index (χ2n) is 3.12. The van der Waals surface area contributed by atoms with Gasteiger partial charge in [0.25, 0.3) is 0 Å². The van der Waals surface area contributed by atoms with E-state index in [1.807, 2.05) is 6.92 Å². The van der Waals surface area contributed by atoms with Crippen LogP contribution in [0.3, 0.4) is 0 Å². The van der Waals surface area contributed by atoms with Gasteiger partial charge in [0.1, 0.15) is 6.29 Å². The van der Waals surface area contributed by atoms with Crippen LogP contribution in [0.1, 0.15) is 26.7 Å². The molecular formula is C9H20O3Si. The van der Waals surface area contributed by atoms with E-state index >= 15 is 0 Å². The van der Waals surface area contributed by atoms with Crippen molar-refractivity contribution in [2.24, 2.45) is 0 Å². The topological polar surface area (TPSA) is 35.5 Å².